The van der Waals surface area contributed by atoms with Crippen molar-refractivity contribution in [1.82, 2.24) is 0 Å². The number of halogens is 2. The average molecular weight is 344 g/mol. The van der Waals surface area contributed by atoms with E-state index >= 15 is 0 Å². The van der Waals surface area contributed by atoms with Gasteiger partial charge in [0.2, 0.25) is 0 Å². The van der Waals surface area contributed by atoms with E-state index in [4.69, 9.17) is 15.8 Å². The van der Waals surface area contributed by atoms with Gasteiger partial charge in [-0.1, -0.05) is 0 Å². The van der Waals surface area contributed by atoms with E-state index in [0.717, 1.165) is 0 Å². The minimum atomic E-state index is -1.12. The third-order valence-corrected chi connectivity index (χ3v) is 2.45. The first-order valence-electron chi connectivity index (χ1n) is 6.02. The van der Waals surface area contributed by atoms with Crippen molar-refractivity contribution < 1.29 is 14.3 Å². The summed E-state index contributed by atoms with van der Waals surface area (Å²) in [6.07, 6.45) is 1.21. The molecule has 0 fully saturated rings. The smallest absolute Gasteiger partial charge is 0.331 e. The van der Waals surface area contributed by atoms with Gasteiger partial charge in [-0.3, -0.25) is 5.41 Å². The summed E-state index contributed by atoms with van der Waals surface area (Å²) in [6, 6.07) is 4.84. The molecule has 0 radical (unpaired) electrons. The molecule has 0 amide bonds. The molecule has 0 atom stereocenters. The number of anilines is 1. The number of hydrogen-bond acceptors (Lipinski definition) is 4. The van der Waals surface area contributed by atoms with Crippen LogP contribution >= 0.6 is 12.4 Å². The second kappa shape index (κ2) is 10.0. The standard InChI is InChI=1S/C13H13FN2O2.CH5N3.ClH/c1-8(13(17)18)6-9-4-5-11(16(2)3)10(7-15)12(9)14;2-1(3)4;/h4-6H,1-3H3,(H,17,18);(H5,2,3,4);1H/b8-6+;;. The Kier molecular flexibility index (Phi) is 9.80. The largest absolute Gasteiger partial charge is 0.478 e. The molecule has 126 valence electrons. The van der Waals surface area contributed by atoms with Gasteiger partial charge in [-0.15, -0.1) is 12.4 Å². The molecule has 1 aromatic rings. The number of rotatable bonds is 3. The van der Waals surface area contributed by atoms with Crippen LogP contribution in [0.25, 0.3) is 6.08 Å². The lowest BCUT2D eigenvalue weighted by Crippen LogP contribution is -2.20. The maximum atomic E-state index is 14.0. The zero-order chi connectivity index (χ0) is 17.4. The van der Waals surface area contributed by atoms with Gasteiger partial charge in [0.15, 0.2) is 5.96 Å². The highest BCUT2D eigenvalue weighted by Crippen LogP contribution is 2.25. The SMILES string of the molecule is C/C(=C\c1ccc(N(C)C)c(C#N)c1F)C(=O)O.Cl.N=C(N)N. The summed E-state index contributed by atoms with van der Waals surface area (Å²) in [5.41, 5.74) is 9.42. The molecule has 0 aromatic heterocycles. The lowest BCUT2D eigenvalue weighted by atomic mass is 10.1. The number of carboxylic acid groups (broad SMARTS) is 1. The van der Waals surface area contributed by atoms with Gasteiger partial charge in [0.05, 0.1) is 5.69 Å². The topological polar surface area (TPSA) is 140 Å². The molecular formula is C14H19ClFN5O2. The molecule has 0 saturated carbocycles. The van der Waals surface area contributed by atoms with E-state index in [9.17, 15) is 9.18 Å². The first-order chi connectivity index (χ1) is 10.1. The number of carboxylic acids is 1. The van der Waals surface area contributed by atoms with Crippen LogP contribution in [0.3, 0.4) is 0 Å². The van der Waals surface area contributed by atoms with Crippen molar-refractivity contribution in [2.75, 3.05) is 19.0 Å². The van der Waals surface area contributed by atoms with Crippen LogP contribution in [0, 0.1) is 22.6 Å². The van der Waals surface area contributed by atoms with Crippen molar-refractivity contribution in [3.8, 4) is 6.07 Å². The van der Waals surface area contributed by atoms with Crippen molar-refractivity contribution in [2.24, 2.45) is 11.5 Å². The van der Waals surface area contributed by atoms with Gasteiger partial charge in [-0.05, 0) is 25.1 Å². The minimum Gasteiger partial charge on any atom is -0.478 e. The van der Waals surface area contributed by atoms with E-state index in [1.54, 1.807) is 31.1 Å². The zero-order valence-electron chi connectivity index (χ0n) is 12.9. The Morgan fingerprint density at radius 1 is 1.43 bits per heavy atom. The highest BCUT2D eigenvalue weighted by molar-refractivity contribution is 5.91. The number of carbonyl (C=O) groups is 1. The maximum Gasteiger partial charge on any atom is 0.331 e. The van der Waals surface area contributed by atoms with Crippen molar-refractivity contribution >= 4 is 36.1 Å². The van der Waals surface area contributed by atoms with Crippen LogP contribution in [0.4, 0.5) is 10.1 Å². The number of nitrogens with two attached hydrogens (primary N) is 2. The van der Waals surface area contributed by atoms with Gasteiger partial charge >= 0.3 is 5.97 Å². The zero-order valence-corrected chi connectivity index (χ0v) is 13.7. The van der Waals surface area contributed by atoms with Gasteiger partial charge in [0.1, 0.15) is 17.4 Å². The van der Waals surface area contributed by atoms with Gasteiger partial charge in [0, 0.05) is 25.2 Å². The number of hydrogen-bond donors (Lipinski definition) is 4. The van der Waals surface area contributed by atoms with E-state index in [-0.39, 0.29) is 35.1 Å². The third-order valence-electron chi connectivity index (χ3n) is 2.45. The summed E-state index contributed by atoms with van der Waals surface area (Å²) in [5.74, 6) is -2.16. The number of guanidine groups is 1. The molecule has 6 N–H and O–H groups in total. The van der Waals surface area contributed by atoms with Crippen LogP contribution in [0.1, 0.15) is 18.1 Å². The number of nitrogens with one attached hydrogen (secondary N) is 1. The summed E-state index contributed by atoms with van der Waals surface area (Å²) in [7, 11) is 3.40. The number of nitriles is 1. The summed E-state index contributed by atoms with van der Waals surface area (Å²) < 4.78 is 14.0. The van der Waals surface area contributed by atoms with Crippen molar-refractivity contribution in [3.05, 3.63) is 34.6 Å². The second-order valence-corrected chi connectivity index (χ2v) is 4.46. The molecule has 1 rings (SSSR count). The molecule has 23 heavy (non-hydrogen) atoms. The molecule has 0 unspecified atom stereocenters. The quantitative estimate of drug-likeness (QED) is 0.372. The van der Waals surface area contributed by atoms with Crippen LogP contribution in [-0.4, -0.2) is 31.1 Å². The molecule has 0 bridgehead atoms. The maximum absolute atomic E-state index is 14.0. The van der Waals surface area contributed by atoms with Gasteiger partial charge in [-0.2, -0.15) is 5.26 Å². The van der Waals surface area contributed by atoms with Crippen LogP contribution < -0.4 is 16.4 Å². The Labute approximate surface area is 139 Å². The van der Waals surface area contributed by atoms with Gasteiger partial charge < -0.3 is 21.5 Å². The van der Waals surface area contributed by atoms with Crippen molar-refractivity contribution in [1.29, 1.82) is 10.7 Å². The van der Waals surface area contributed by atoms with E-state index in [1.165, 1.54) is 19.1 Å². The van der Waals surface area contributed by atoms with E-state index in [2.05, 4.69) is 11.5 Å². The first kappa shape index (κ1) is 22.5. The highest BCUT2D eigenvalue weighted by atomic mass is 35.5. The van der Waals surface area contributed by atoms with Crippen LogP contribution in [0.15, 0.2) is 17.7 Å². The molecule has 0 aliphatic rings. The van der Waals surface area contributed by atoms with E-state index in [0.29, 0.717) is 5.69 Å². The third kappa shape index (κ3) is 7.15. The number of aliphatic carboxylic acids is 1. The summed E-state index contributed by atoms with van der Waals surface area (Å²) in [4.78, 5) is 12.3. The number of nitrogens with zero attached hydrogens (tertiary/aromatic N) is 2. The second-order valence-electron chi connectivity index (χ2n) is 4.46. The fraction of sp³-hybridized carbons (Fsp3) is 0.214. The predicted molar refractivity (Wildman–Crippen MR) is 90.1 cm³/mol. The molecule has 7 nitrogen and oxygen atoms in total. The number of benzene rings is 1. The Morgan fingerprint density at radius 3 is 2.26 bits per heavy atom. The Morgan fingerprint density at radius 2 is 1.91 bits per heavy atom. The highest BCUT2D eigenvalue weighted by Gasteiger charge is 2.14. The minimum absolute atomic E-state index is 0. The Hall–Kier alpha value is -2.79. The molecular weight excluding hydrogens is 325 g/mol. The molecule has 0 aliphatic carbocycles. The van der Waals surface area contributed by atoms with Crippen molar-refractivity contribution in [2.45, 2.75) is 6.92 Å². The van der Waals surface area contributed by atoms with Gasteiger partial charge in [0.25, 0.3) is 0 Å². The normalized spacial score (nSPS) is 9.61. The molecule has 1 aromatic carbocycles. The fourth-order valence-electron chi connectivity index (χ4n) is 1.47. The lowest BCUT2D eigenvalue weighted by molar-refractivity contribution is -0.132. The summed E-state index contributed by atoms with van der Waals surface area (Å²) in [6.45, 7) is 1.37. The van der Waals surface area contributed by atoms with Gasteiger partial charge in [-0.25, -0.2) is 9.18 Å². The molecule has 0 spiro atoms. The van der Waals surface area contributed by atoms with E-state index in [1.807, 2.05) is 0 Å². The summed E-state index contributed by atoms with van der Waals surface area (Å²) >= 11 is 0. The summed E-state index contributed by atoms with van der Waals surface area (Å²) in [5, 5.41) is 23.8. The predicted octanol–water partition coefficient (Wildman–Crippen LogP) is 1.51. The monoisotopic (exact) mass is 343 g/mol. The van der Waals surface area contributed by atoms with Crippen LogP contribution in [-0.2, 0) is 4.79 Å². The first-order valence-corrected chi connectivity index (χ1v) is 6.02. The van der Waals surface area contributed by atoms with Crippen LogP contribution in [0.5, 0.6) is 0 Å². The average Bonchev–Trinajstić information content (AvgIpc) is 2.39. The fourth-order valence-corrected chi connectivity index (χ4v) is 1.47. The Balaban J connectivity index is 0. The molecule has 0 saturated heterocycles. The lowest BCUT2D eigenvalue weighted by Gasteiger charge is -2.15. The molecule has 0 heterocycles. The molecule has 9 heteroatoms. The van der Waals surface area contributed by atoms with Crippen molar-refractivity contribution in [3.63, 3.8) is 0 Å². The van der Waals surface area contributed by atoms with E-state index < -0.39 is 11.8 Å². The Bertz CT molecular complexity index is 649. The molecule has 0 aliphatic heterocycles. The van der Waals surface area contributed by atoms with Crippen LogP contribution in [0.2, 0.25) is 0 Å².